The quantitative estimate of drug-likeness (QED) is 0.208. The number of methoxy groups -OCH3 is 1. The largest absolute Gasteiger partial charge is 0.493 e. The van der Waals surface area contributed by atoms with Gasteiger partial charge in [0.15, 0.2) is 11.5 Å². The van der Waals surface area contributed by atoms with Gasteiger partial charge in [0.1, 0.15) is 24.6 Å². The predicted octanol–water partition coefficient (Wildman–Crippen LogP) is 4.35. The van der Waals surface area contributed by atoms with Crippen LogP contribution in [0.25, 0.3) is 0 Å². The molecule has 4 N–H and O–H groups in total. The Morgan fingerprint density at radius 3 is 2.58 bits per heavy atom. The van der Waals surface area contributed by atoms with Crippen LogP contribution in [0.3, 0.4) is 0 Å². The molecule has 0 radical (unpaired) electrons. The molecule has 0 saturated heterocycles. The predicted molar refractivity (Wildman–Crippen MR) is 187 cm³/mol. The summed E-state index contributed by atoms with van der Waals surface area (Å²) in [6, 6.07) is 8.46. The van der Waals surface area contributed by atoms with E-state index >= 15 is 4.39 Å². The average molecular weight is 783 g/mol. The Hall–Kier alpha value is -2.78. The van der Waals surface area contributed by atoms with E-state index in [1.54, 1.807) is 30.3 Å². The fourth-order valence-corrected chi connectivity index (χ4v) is 7.46. The second-order valence-electron chi connectivity index (χ2n) is 13.1. The Morgan fingerprint density at radius 1 is 1.17 bits per heavy atom. The maximum absolute atomic E-state index is 15.0. The number of ether oxygens (including phenoxy) is 3. The van der Waals surface area contributed by atoms with Crippen LogP contribution >= 0.6 is 22.6 Å². The summed E-state index contributed by atoms with van der Waals surface area (Å²) >= 11 is 2.04. The van der Waals surface area contributed by atoms with Crippen molar-refractivity contribution in [2.75, 3.05) is 26.9 Å². The summed E-state index contributed by atoms with van der Waals surface area (Å²) in [6.07, 6.45) is 1.82. The lowest BCUT2D eigenvalue weighted by molar-refractivity contribution is -0.149. The molecule has 0 aromatic heterocycles. The monoisotopic (exact) mass is 782 g/mol. The number of nitrogens with zero attached hydrogens (tertiary/aromatic N) is 1. The summed E-state index contributed by atoms with van der Waals surface area (Å²) in [5, 5.41) is 33.6. The van der Waals surface area contributed by atoms with Crippen molar-refractivity contribution >= 4 is 34.4 Å². The highest BCUT2D eigenvalue weighted by Gasteiger charge is 2.42. The molecule has 0 aliphatic heterocycles. The first kappa shape index (κ1) is 38.0. The van der Waals surface area contributed by atoms with Gasteiger partial charge in [0, 0.05) is 30.6 Å². The van der Waals surface area contributed by atoms with Crippen LogP contribution in [0.15, 0.2) is 48.0 Å². The molecule has 48 heavy (non-hydrogen) atoms. The Kier molecular flexibility index (Phi) is 14.1. The number of hydrogen-bond donors (Lipinski definition) is 4. The number of amides is 2. The average Bonchev–Trinajstić information content (AvgIpc) is 3.07. The van der Waals surface area contributed by atoms with Gasteiger partial charge < -0.3 is 39.7 Å². The van der Waals surface area contributed by atoms with Gasteiger partial charge in [-0.05, 0) is 83.0 Å². The van der Waals surface area contributed by atoms with E-state index in [4.69, 9.17) is 14.2 Å². The Bertz CT molecular complexity index is 1440. The van der Waals surface area contributed by atoms with Crippen molar-refractivity contribution in [3.8, 4) is 11.5 Å². The minimum Gasteiger partial charge on any atom is -0.493 e. The SMILES string of the molecule is COc1cc(CO)cc(I)c1OC1C=C(C(=O)NCCO)CC(N(Cc2ccccc2F)C(=O)COC2CC(C)CCC2C(C)C)C1O. The number of nitrogens with one attached hydrogen (secondary N) is 1. The zero-order chi connectivity index (χ0) is 35.0. The van der Waals surface area contributed by atoms with Gasteiger partial charge in [-0.25, -0.2) is 4.39 Å². The third-order valence-electron chi connectivity index (χ3n) is 9.34. The normalized spacial score (nSPS) is 24.2. The standard InChI is InChI=1S/C36H48FIN2O8/c1-21(2)26-10-9-22(3)13-30(26)47-20-33(43)40(18-24-7-5-6-8-27(24)37)29-16-25(36(45)39-11-12-41)17-31(34(29)44)48-35-28(38)14-23(19-42)15-32(35)46-4/h5-8,14-15,17,21-22,26,29-31,34,41-42,44H,9-13,16,18-20H2,1-4H3,(H,39,45). The lowest BCUT2D eigenvalue weighted by Crippen LogP contribution is -2.55. The van der Waals surface area contributed by atoms with E-state index in [-0.39, 0.29) is 62.3 Å². The van der Waals surface area contributed by atoms with Crippen molar-refractivity contribution in [2.24, 2.45) is 17.8 Å². The van der Waals surface area contributed by atoms with Gasteiger partial charge in [0.25, 0.3) is 0 Å². The van der Waals surface area contributed by atoms with Gasteiger partial charge in [-0.1, -0.05) is 45.4 Å². The van der Waals surface area contributed by atoms with E-state index in [1.165, 1.54) is 24.2 Å². The molecule has 4 rings (SSSR count). The lowest BCUT2D eigenvalue weighted by atomic mass is 9.75. The minimum absolute atomic E-state index is 0.00576. The summed E-state index contributed by atoms with van der Waals surface area (Å²) in [5.41, 5.74) is 1.08. The molecule has 2 amide bonds. The van der Waals surface area contributed by atoms with Crippen LogP contribution in [-0.2, 0) is 27.5 Å². The lowest BCUT2D eigenvalue weighted by Gasteiger charge is -2.41. The number of carbonyl (C=O) groups is 2. The zero-order valence-corrected chi connectivity index (χ0v) is 30.2. The first-order chi connectivity index (χ1) is 23.0. The number of hydrogen-bond acceptors (Lipinski definition) is 8. The minimum atomic E-state index is -1.34. The molecule has 1 saturated carbocycles. The van der Waals surface area contributed by atoms with Gasteiger partial charge in [-0.2, -0.15) is 0 Å². The molecule has 2 aromatic rings. The van der Waals surface area contributed by atoms with Gasteiger partial charge in [-0.15, -0.1) is 0 Å². The molecule has 2 aliphatic rings. The zero-order valence-electron chi connectivity index (χ0n) is 28.0. The van der Waals surface area contributed by atoms with Crippen molar-refractivity contribution in [2.45, 2.75) is 84.0 Å². The Balaban J connectivity index is 1.70. The van der Waals surface area contributed by atoms with Crippen LogP contribution in [0.5, 0.6) is 11.5 Å². The molecule has 6 atom stereocenters. The smallest absolute Gasteiger partial charge is 0.249 e. The van der Waals surface area contributed by atoms with E-state index in [0.29, 0.717) is 32.6 Å². The second kappa shape index (κ2) is 17.7. The third kappa shape index (κ3) is 9.46. The number of rotatable bonds is 14. The highest BCUT2D eigenvalue weighted by molar-refractivity contribution is 14.1. The molecular weight excluding hydrogens is 734 g/mol. The molecular formula is C36H48FIN2O8. The van der Waals surface area contributed by atoms with Crippen LogP contribution < -0.4 is 14.8 Å². The highest BCUT2D eigenvalue weighted by atomic mass is 127. The molecule has 12 heteroatoms. The molecule has 0 spiro atoms. The molecule has 1 fully saturated rings. The molecule has 6 unspecified atom stereocenters. The van der Waals surface area contributed by atoms with Crippen molar-refractivity contribution in [3.05, 3.63) is 68.6 Å². The summed E-state index contributed by atoms with van der Waals surface area (Å²) in [5.74, 6) is 0.296. The molecule has 2 aromatic carbocycles. The van der Waals surface area contributed by atoms with Crippen molar-refractivity contribution in [1.82, 2.24) is 10.2 Å². The number of aliphatic hydroxyl groups is 3. The fraction of sp³-hybridized carbons (Fsp3) is 0.556. The third-order valence-corrected chi connectivity index (χ3v) is 10.1. The van der Waals surface area contributed by atoms with E-state index in [0.717, 1.165) is 19.3 Å². The molecule has 264 valence electrons. The Morgan fingerprint density at radius 2 is 1.92 bits per heavy atom. The molecule has 10 nitrogen and oxygen atoms in total. The van der Waals surface area contributed by atoms with Gasteiger partial charge in [0.05, 0.1) is 36.0 Å². The number of carbonyl (C=O) groups excluding carboxylic acids is 2. The van der Waals surface area contributed by atoms with Crippen LogP contribution in [0, 0.1) is 27.1 Å². The van der Waals surface area contributed by atoms with Gasteiger partial charge in [0.2, 0.25) is 11.8 Å². The van der Waals surface area contributed by atoms with E-state index < -0.39 is 35.9 Å². The summed E-state index contributed by atoms with van der Waals surface area (Å²) in [6.45, 7) is 5.57. The highest BCUT2D eigenvalue weighted by Crippen LogP contribution is 2.38. The summed E-state index contributed by atoms with van der Waals surface area (Å²) in [4.78, 5) is 28.8. The maximum atomic E-state index is 15.0. The van der Waals surface area contributed by atoms with Gasteiger partial charge in [-0.3, -0.25) is 9.59 Å². The van der Waals surface area contributed by atoms with E-state index in [2.05, 4.69) is 26.1 Å². The first-order valence-corrected chi connectivity index (χ1v) is 17.6. The van der Waals surface area contributed by atoms with Crippen molar-refractivity contribution < 1.29 is 43.5 Å². The topological polar surface area (TPSA) is 138 Å². The Labute approximate surface area is 295 Å². The second-order valence-corrected chi connectivity index (χ2v) is 14.2. The number of aliphatic hydroxyl groups excluding tert-OH is 3. The fourth-order valence-electron chi connectivity index (χ4n) is 6.66. The van der Waals surface area contributed by atoms with Crippen LogP contribution in [0.1, 0.15) is 57.6 Å². The molecule has 2 aliphatic carbocycles. The van der Waals surface area contributed by atoms with Crippen LogP contribution in [0.2, 0.25) is 0 Å². The molecule has 0 bridgehead atoms. The number of benzene rings is 2. The van der Waals surface area contributed by atoms with Crippen molar-refractivity contribution in [3.63, 3.8) is 0 Å². The van der Waals surface area contributed by atoms with Gasteiger partial charge >= 0.3 is 0 Å². The molecule has 0 heterocycles. The van der Waals surface area contributed by atoms with Crippen LogP contribution in [-0.4, -0.2) is 83.3 Å². The summed E-state index contributed by atoms with van der Waals surface area (Å²) in [7, 11) is 1.45. The van der Waals surface area contributed by atoms with Crippen molar-refractivity contribution in [1.29, 1.82) is 0 Å². The van der Waals surface area contributed by atoms with E-state index in [1.807, 2.05) is 22.6 Å². The maximum Gasteiger partial charge on any atom is 0.249 e. The summed E-state index contributed by atoms with van der Waals surface area (Å²) < 4.78 is 33.8. The van der Waals surface area contributed by atoms with E-state index in [9.17, 15) is 24.9 Å². The first-order valence-electron chi connectivity index (χ1n) is 16.5. The number of halogens is 2. The van der Waals surface area contributed by atoms with Crippen LogP contribution in [0.4, 0.5) is 4.39 Å².